The molecule has 6 heteroatoms. The Hall–Kier alpha value is -1.59. The van der Waals surface area contributed by atoms with Crippen LogP contribution in [0.2, 0.25) is 0 Å². The molecule has 0 amide bonds. The highest BCUT2D eigenvalue weighted by molar-refractivity contribution is 5.86. The summed E-state index contributed by atoms with van der Waals surface area (Å²) in [6.45, 7) is -1.02. The molecule has 1 aromatic rings. The van der Waals surface area contributed by atoms with Crippen LogP contribution >= 0.6 is 0 Å². The molecule has 1 heterocycles. The van der Waals surface area contributed by atoms with Gasteiger partial charge in [0.05, 0.1) is 13.2 Å². The van der Waals surface area contributed by atoms with E-state index in [2.05, 4.69) is 19.2 Å². The first kappa shape index (κ1) is 8.51. The van der Waals surface area contributed by atoms with Crippen molar-refractivity contribution < 1.29 is 23.2 Å². The summed E-state index contributed by atoms with van der Waals surface area (Å²) in [7, 11) is 1.19. The van der Waals surface area contributed by atoms with Crippen LogP contribution in [0.1, 0.15) is 10.6 Å². The maximum absolute atomic E-state index is 11.6. The Morgan fingerprint density at radius 2 is 2.58 bits per heavy atom. The second-order valence-electron chi connectivity index (χ2n) is 1.77. The minimum atomic E-state index is -1.02. The summed E-state index contributed by atoms with van der Waals surface area (Å²) in [4.78, 5) is 10.7. The molecule has 0 aliphatic rings. The van der Waals surface area contributed by atoms with E-state index in [1.165, 1.54) is 7.11 Å². The van der Waals surface area contributed by atoms with Crippen molar-refractivity contribution in [2.24, 2.45) is 0 Å². The van der Waals surface area contributed by atoms with E-state index in [0.717, 1.165) is 6.07 Å². The third-order valence-electron chi connectivity index (χ3n) is 1.08. The summed E-state index contributed by atoms with van der Waals surface area (Å²) in [5.41, 5.74) is 0. The zero-order chi connectivity index (χ0) is 8.97. The van der Waals surface area contributed by atoms with Crippen molar-refractivity contribution >= 4 is 5.97 Å². The molecule has 5 nitrogen and oxygen atoms in total. The van der Waals surface area contributed by atoms with Gasteiger partial charge >= 0.3 is 5.97 Å². The molecule has 0 radical (unpaired) electrons. The molecule has 0 bridgehead atoms. The Balaban J connectivity index is 2.70. The lowest BCUT2D eigenvalue weighted by Crippen LogP contribution is -1.98. The van der Waals surface area contributed by atoms with Gasteiger partial charge in [0.15, 0.2) is 0 Å². The van der Waals surface area contributed by atoms with Crippen LogP contribution in [-0.2, 0) is 4.74 Å². The monoisotopic (exact) mass is 175 g/mol. The fourth-order valence-corrected chi connectivity index (χ4v) is 0.580. The number of carbonyl (C=O) groups excluding carboxylic acids is 1. The lowest BCUT2D eigenvalue weighted by Gasteiger charge is -1.89. The van der Waals surface area contributed by atoms with Crippen LogP contribution in [0, 0.1) is 0 Å². The first-order valence-electron chi connectivity index (χ1n) is 3.01. The van der Waals surface area contributed by atoms with Crippen molar-refractivity contribution in [1.29, 1.82) is 0 Å². The van der Waals surface area contributed by atoms with Gasteiger partial charge in [-0.05, 0) is 5.16 Å². The van der Waals surface area contributed by atoms with Crippen molar-refractivity contribution in [2.75, 3.05) is 14.0 Å². The lowest BCUT2D eigenvalue weighted by molar-refractivity contribution is 0.0554. The summed E-state index contributed by atoms with van der Waals surface area (Å²) < 4.78 is 24.6. The van der Waals surface area contributed by atoms with E-state index < -0.39 is 12.8 Å². The molecule has 0 N–H and O–H groups in total. The van der Waals surface area contributed by atoms with Crippen LogP contribution in [0.15, 0.2) is 10.6 Å². The number of esters is 1. The fourth-order valence-electron chi connectivity index (χ4n) is 0.580. The summed E-state index contributed by atoms with van der Waals surface area (Å²) in [5, 5.41) is 3.24. The van der Waals surface area contributed by atoms with Crippen LogP contribution in [0.3, 0.4) is 0 Å². The number of hydrogen-bond acceptors (Lipinski definition) is 5. The Labute approximate surface area is 67.0 Å². The van der Waals surface area contributed by atoms with Crippen LogP contribution in [0.5, 0.6) is 5.88 Å². The number of ether oxygens (including phenoxy) is 2. The van der Waals surface area contributed by atoms with E-state index in [4.69, 9.17) is 0 Å². The van der Waals surface area contributed by atoms with Gasteiger partial charge in [-0.2, -0.15) is 0 Å². The molecule has 1 aromatic heterocycles. The van der Waals surface area contributed by atoms with E-state index in [-0.39, 0.29) is 11.6 Å². The zero-order valence-corrected chi connectivity index (χ0v) is 6.24. The smallest absolute Gasteiger partial charge is 0.377 e. The van der Waals surface area contributed by atoms with Crippen LogP contribution < -0.4 is 4.74 Å². The molecule has 0 spiro atoms. The van der Waals surface area contributed by atoms with Crippen LogP contribution in [0.4, 0.5) is 4.39 Å². The Bertz CT molecular complexity index is 272. The summed E-state index contributed by atoms with van der Waals surface area (Å²) in [5.74, 6) is -0.893. The summed E-state index contributed by atoms with van der Waals surface area (Å²) >= 11 is 0. The number of nitrogens with zero attached hydrogens (tertiary/aromatic N) is 1. The molecule has 66 valence electrons. The predicted molar refractivity (Wildman–Crippen MR) is 34.4 cm³/mol. The molecule has 0 saturated carbocycles. The van der Waals surface area contributed by atoms with Crippen molar-refractivity contribution in [3.05, 3.63) is 11.8 Å². The second-order valence-corrected chi connectivity index (χ2v) is 1.77. The highest BCUT2D eigenvalue weighted by atomic mass is 19.1. The van der Waals surface area contributed by atoms with Gasteiger partial charge < -0.3 is 14.0 Å². The normalized spacial score (nSPS) is 9.50. The largest absolute Gasteiger partial charge is 0.463 e. The summed E-state index contributed by atoms with van der Waals surface area (Å²) in [6.07, 6.45) is 0. The quantitative estimate of drug-likeness (QED) is 0.635. The predicted octanol–water partition coefficient (Wildman–Crippen LogP) is 0.767. The van der Waals surface area contributed by atoms with E-state index in [1.54, 1.807) is 0 Å². The standard InChI is InChI=1S/C6H6FNO4/c1-10-6(9)4-2-5(8-12-4)11-3-7/h2H,3H2,1H3. The van der Waals surface area contributed by atoms with E-state index in [1.807, 2.05) is 0 Å². The number of rotatable bonds is 3. The van der Waals surface area contributed by atoms with E-state index in [9.17, 15) is 9.18 Å². The van der Waals surface area contributed by atoms with E-state index in [0.29, 0.717) is 0 Å². The van der Waals surface area contributed by atoms with Gasteiger partial charge in [-0.3, -0.25) is 0 Å². The average Bonchev–Trinajstić information content (AvgIpc) is 2.52. The minimum Gasteiger partial charge on any atom is -0.463 e. The zero-order valence-electron chi connectivity index (χ0n) is 6.24. The van der Waals surface area contributed by atoms with Gasteiger partial charge in [-0.15, -0.1) is 0 Å². The number of carbonyl (C=O) groups is 1. The van der Waals surface area contributed by atoms with Gasteiger partial charge in [0.1, 0.15) is 0 Å². The molecular formula is C6H6FNO4. The van der Waals surface area contributed by atoms with Gasteiger partial charge in [0.25, 0.3) is 5.88 Å². The Morgan fingerprint density at radius 3 is 3.17 bits per heavy atom. The molecule has 0 fully saturated rings. The molecule has 0 aliphatic heterocycles. The Kier molecular flexibility index (Phi) is 2.62. The van der Waals surface area contributed by atoms with Crippen molar-refractivity contribution in [2.45, 2.75) is 0 Å². The SMILES string of the molecule is COC(=O)c1cc(OCF)no1. The molecule has 12 heavy (non-hydrogen) atoms. The molecule has 0 atom stereocenters. The number of aromatic nitrogens is 1. The topological polar surface area (TPSA) is 61.6 Å². The average molecular weight is 175 g/mol. The molecule has 0 unspecified atom stereocenters. The van der Waals surface area contributed by atoms with E-state index >= 15 is 0 Å². The highest BCUT2D eigenvalue weighted by Gasteiger charge is 2.13. The van der Waals surface area contributed by atoms with Gasteiger partial charge in [-0.1, -0.05) is 0 Å². The van der Waals surface area contributed by atoms with Crippen molar-refractivity contribution in [1.82, 2.24) is 5.16 Å². The third-order valence-corrected chi connectivity index (χ3v) is 1.08. The number of methoxy groups -OCH3 is 1. The van der Waals surface area contributed by atoms with Crippen molar-refractivity contribution in [3.63, 3.8) is 0 Å². The van der Waals surface area contributed by atoms with Gasteiger partial charge in [-0.25, -0.2) is 9.18 Å². The molecule has 0 aromatic carbocycles. The maximum atomic E-state index is 11.6. The molecular weight excluding hydrogens is 169 g/mol. The number of halogens is 1. The number of alkyl halides is 1. The first-order chi connectivity index (χ1) is 5.77. The molecule has 0 aliphatic carbocycles. The minimum absolute atomic E-state index is 0.0853. The first-order valence-corrected chi connectivity index (χ1v) is 3.01. The van der Waals surface area contributed by atoms with Crippen LogP contribution in [0.25, 0.3) is 0 Å². The van der Waals surface area contributed by atoms with Gasteiger partial charge in [0, 0.05) is 0 Å². The molecule has 0 saturated heterocycles. The lowest BCUT2D eigenvalue weighted by atomic mass is 10.5. The third kappa shape index (κ3) is 1.71. The highest BCUT2D eigenvalue weighted by Crippen LogP contribution is 2.11. The Morgan fingerprint density at radius 1 is 1.83 bits per heavy atom. The van der Waals surface area contributed by atoms with Crippen molar-refractivity contribution in [3.8, 4) is 5.88 Å². The maximum Gasteiger partial charge on any atom is 0.377 e. The molecule has 1 rings (SSSR count). The summed E-state index contributed by atoms with van der Waals surface area (Å²) in [6, 6.07) is 1.14. The second kappa shape index (κ2) is 3.70. The van der Waals surface area contributed by atoms with Crippen LogP contribution in [-0.4, -0.2) is 25.1 Å². The van der Waals surface area contributed by atoms with Gasteiger partial charge in [0.2, 0.25) is 12.6 Å². The fraction of sp³-hybridized carbons (Fsp3) is 0.333. The number of hydrogen-bond donors (Lipinski definition) is 0.